The summed E-state index contributed by atoms with van der Waals surface area (Å²) in [7, 11) is -2.25. The molecule has 21 heavy (non-hydrogen) atoms. The Balaban J connectivity index is 2.33. The van der Waals surface area contributed by atoms with E-state index in [2.05, 4.69) is 5.32 Å². The normalized spacial score (nSPS) is 11.6. The number of benzene rings is 1. The third kappa shape index (κ3) is 3.70. The highest BCUT2D eigenvalue weighted by Gasteiger charge is 2.20. The predicted molar refractivity (Wildman–Crippen MR) is 79.3 cm³/mol. The number of anilines is 1. The van der Waals surface area contributed by atoms with Crippen molar-refractivity contribution in [3.05, 3.63) is 45.1 Å². The highest BCUT2D eigenvalue weighted by Crippen LogP contribution is 2.29. The first kappa shape index (κ1) is 16.2. The van der Waals surface area contributed by atoms with E-state index in [4.69, 9.17) is 11.6 Å². The summed E-state index contributed by atoms with van der Waals surface area (Å²) >= 11 is 6.92. The van der Waals surface area contributed by atoms with E-state index >= 15 is 0 Å². The van der Waals surface area contributed by atoms with Crippen LogP contribution in [0.3, 0.4) is 0 Å². The highest BCUT2D eigenvalue weighted by atomic mass is 35.5. The fraction of sp³-hybridized carbons (Fsp3) is 0.167. The maximum absolute atomic E-state index is 13.6. The molecule has 0 aliphatic heterocycles. The molecule has 0 atom stereocenters. The zero-order chi connectivity index (χ0) is 15.6. The zero-order valence-corrected chi connectivity index (χ0v) is 13.2. The Morgan fingerprint density at radius 1 is 1.29 bits per heavy atom. The number of sulfonamides is 1. The van der Waals surface area contributed by atoms with Gasteiger partial charge >= 0.3 is 0 Å². The van der Waals surface area contributed by atoms with Crippen molar-refractivity contribution in [2.75, 3.05) is 11.8 Å². The summed E-state index contributed by atoms with van der Waals surface area (Å²) < 4.78 is 52.9. The lowest BCUT2D eigenvalue weighted by Gasteiger charge is -2.09. The summed E-state index contributed by atoms with van der Waals surface area (Å²) in [4.78, 5) is 0.807. The molecule has 0 fully saturated rings. The second-order valence-corrected chi connectivity index (χ2v) is 7.21. The summed E-state index contributed by atoms with van der Waals surface area (Å²) in [6.07, 6.45) is 0. The first-order chi connectivity index (χ1) is 9.83. The van der Waals surface area contributed by atoms with Crippen LogP contribution in [0.5, 0.6) is 0 Å². The van der Waals surface area contributed by atoms with Crippen molar-refractivity contribution in [1.29, 1.82) is 0 Å². The van der Waals surface area contributed by atoms with Crippen molar-refractivity contribution >= 4 is 38.6 Å². The van der Waals surface area contributed by atoms with Crippen molar-refractivity contribution in [3.63, 3.8) is 0 Å². The molecule has 0 spiro atoms. The summed E-state index contributed by atoms with van der Waals surface area (Å²) in [5, 5.41) is 3.98. The number of halogens is 3. The number of nitrogens with one attached hydrogen (secondary N) is 2. The van der Waals surface area contributed by atoms with Gasteiger partial charge in [-0.15, -0.1) is 11.3 Å². The molecule has 114 valence electrons. The molecule has 2 N–H and O–H groups in total. The second-order valence-electron chi connectivity index (χ2n) is 4.13. The molecular formula is C12H11ClF2N2O2S2. The van der Waals surface area contributed by atoms with Crippen LogP contribution in [0.25, 0.3) is 0 Å². The zero-order valence-electron chi connectivity index (χ0n) is 10.8. The van der Waals surface area contributed by atoms with Gasteiger partial charge in [0.05, 0.1) is 9.92 Å². The first-order valence-electron chi connectivity index (χ1n) is 5.73. The standard InChI is InChI=1S/C12H11ClF2N2O2S2/c1-16-5-8-4-9(6-20-8)21(18,19)17-12-10(13)2-7(14)3-11(12)15/h2-4,6,16-17H,5H2,1H3. The molecule has 0 amide bonds. The molecule has 0 bridgehead atoms. The van der Waals surface area contributed by atoms with Crippen LogP contribution in [-0.2, 0) is 16.6 Å². The summed E-state index contributed by atoms with van der Waals surface area (Å²) in [6, 6.07) is 2.87. The summed E-state index contributed by atoms with van der Waals surface area (Å²) in [5.41, 5.74) is -0.473. The molecule has 1 heterocycles. The van der Waals surface area contributed by atoms with Gasteiger partial charge in [-0.05, 0) is 19.2 Å². The van der Waals surface area contributed by atoms with Gasteiger partial charge in [-0.2, -0.15) is 0 Å². The van der Waals surface area contributed by atoms with E-state index in [0.29, 0.717) is 12.6 Å². The molecule has 0 aliphatic carbocycles. The van der Waals surface area contributed by atoms with Gasteiger partial charge in [-0.1, -0.05) is 11.6 Å². The lowest BCUT2D eigenvalue weighted by Crippen LogP contribution is -2.14. The van der Waals surface area contributed by atoms with Crippen molar-refractivity contribution in [2.45, 2.75) is 11.4 Å². The van der Waals surface area contributed by atoms with Crippen LogP contribution >= 0.6 is 22.9 Å². The smallest absolute Gasteiger partial charge is 0.262 e. The number of thiophene rings is 1. The van der Waals surface area contributed by atoms with Crippen molar-refractivity contribution in [1.82, 2.24) is 5.32 Å². The minimum Gasteiger partial charge on any atom is -0.315 e. The van der Waals surface area contributed by atoms with E-state index in [9.17, 15) is 17.2 Å². The maximum atomic E-state index is 13.6. The molecule has 2 aromatic rings. The van der Waals surface area contributed by atoms with Gasteiger partial charge in [0, 0.05) is 22.9 Å². The third-order valence-corrected chi connectivity index (χ3v) is 5.25. The molecule has 2 rings (SSSR count). The average Bonchev–Trinajstić information content (AvgIpc) is 2.84. The van der Waals surface area contributed by atoms with Crippen molar-refractivity contribution < 1.29 is 17.2 Å². The molecule has 0 saturated carbocycles. The van der Waals surface area contributed by atoms with E-state index in [-0.39, 0.29) is 9.92 Å². The lowest BCUT2D eigenvalue weighted by atomic mass is 10.3. The van der Waals surface area contributed by atoms with Gasteiger partial charge in [0.25, 0.3) is 10.0 Å². The summed E-state index contributed by atoms with van der Waals surface area (Å²) in [6.45, 7) is 0.520. The fourth-order valence-electron chi connectivity index (χ4n) is 1.60. The minimum atomic E-state index is -3.98. The van der Waals surface area contributed by atoms with Crippen LogP contribution in [0.4, 0.5) is 14.5 Å². The molecule has 1 aromatic carbocycles. The Morgan fingerprint density at radius 2 is 2.00 bits per heavy atom. The van der Waals surface area contributed by atoms with Crippen molar-refractivity contribution in [3.8, 4) is 0 Å². The van der Waals surface area contributed by atoms with E-state index in [1.54, 1.807) is 7.05 Å². The van der Waals surface area contributed by atoms with Crippen LogP contribution in [0.1, 0.15) is 4.88 Å². The van der Waals surface area contributed by atoms with Crippen molar-refractivity contribution in [2.24, 2.45) is 0 Å². The van der Waals surface area contributed by atoms with E-state index in [0.717, 1.165) is 10.9 Å². The van der Waals surface area contributed by atoms with Crippen LogP contribution in [0.2, 0.25) is 5.02 Å². The Bertz CT molecular complexity index is 739. The molecule has 1 aromatic heterocycles. The Hall–Kier alpha value is -1.22. The highest BCUT2D eigenvalue weighted by molar-refractivity contribution is 7.92. The Morgan fingerprint density at radius 3 is 2.62 bits per heavy atom. The van der Waals surface area contributed by atoms with Crippen LogP contribution in [0, 0.1) is 11.6 Å². The largest absolute Gasteiger partial charge is 0.315 e. The van der Waals surface area contributed by atoms with Crippen LogP contribution in [0.15, 0.2) is 28.5 Å². The van der Waals surface area contributed by atoms with Gasteiger partial charge < -0.3 is 5.32 Å². The molecular weight excluding hydrogens is 342 g/mol. The summed E-state index contributed by atoms with van der Waals surface area (Å²) in [5.74, 6) is -1.96. The number of rotatable bonds is 5. The van der Waals surface area contributed by atoms with E-state index < -0.39 is 27.3 Å². The third-order valence-electron chi connectivity index (χ3n) is 2.53. The van der Waals surface area contributed by atoms with Crippen LogP contribution in [-0.4, -0.2) is 15.5 Å². The molecule has 4 nitrogen and oxygen atoms in total. The van der Waals surface area contributed by atoms with E-state index in [1.165, 1.54) is 22.8 Å². The van der Waals surface area contributed by atoms with E-state index in [1.807, 2.05) is 4.72 Å². The van der Waals surface area contributed by atoms with Gasteiger partial charge in [0.15, 0.2) is 5.82 Å². The fourth-order valence-corrected chi connectivity index (χ4v) is 4.27. The molecule has 0 radical (unpaired) electrons. The van der Waals surface area contributed by atoms with Gasteiger partial charge in [0.2, 0.25) is 0 Å². The molecule has 0 aliphatic rings. The quantitative estimate of drug-likeness (QED) is 0.868. The minimum absolute atomic E-state index is 0.00228. The van der Waals surface area contributed by atoms with Crippen LogP contribution < -0.4 is 10.0 Å². The topological polar surface area (TPSA) is 58.2 Å². The second kappa shape index (κ2) is 6.27. The first-order valence-corrected chi connectivity index (χ1v) is 8.47. The average molecular weight is 353 g/mol. The SMILES string of the molecule is CNCc1cc(S(=O)(=O)Nc2c(F)cc(F)cc2Cl)cs1. The van der Waals surface area contributed by atoms with Gasteiger partial charge in [-0.25, -0.2) is 17.2 Å². The Kier molecular flexibility index (Phi) is 4.82. The molecule has 9 heteroatoms. The van der Waals surface area contributed by atoms with Gasteiger partial charge in [-0.3, -0.25) is 4.72 Å². The molecule has 0 saturated heterocycles. The lowest BCUT2D eigenvalue weighted by molar-refractivity contribution is 0.583. The monoisotopic (exact) mass is 352 g/mol. The molecule has 0 unspecified atom stereocenters. The number of hydrogen-bond acceptors (Lipinski definition) is 4. The Labute approximate surface area is 129 Å². The number of hydrogen-bond donors (Lipinski definition) is 2. The van der Waals surface area contributed by atoms with Gasteiger partial charge in [0.1, 0.15) is 11.5 Å². The predicted octanol–water partition coefficient (Wildman–Crippen LogP) is 3.20. The maximum Gasteiger partial charge on any atom is 0.262 e.